The van der Waals surface area contributed by atoms with E-state index in [-0.39, 0.29) is 18.9 Å². The molecule has 3 aliphatic rings. The molecule has 19 heteroatoms. The van der Waals surface area contributed by atoms with Crippen molar-refractivity contribution in [3.63, 3.8) is 0 Å². The van der Waals surface area contributed by atoms with Crippen molar-refractivity contribution in [2.75, 3.05) is 26.4 Å². The number of allylic oxidation sites excluding steroid dienone is 1. The molecule has 0 aromatic rings. The average Bonchev–Trinajstić information content (AvgIpc) is 3.35. The van der Waals surface area contributed by atoms with Crippen molar-refractivity contribution >= 4 is 5.91 Å². The van der Waals surface area contributed by atoms with Crippen molar-refractivity contribution in [3.05, 3.63) is 12.2 Å². The molecule has 412 valence electrons. The van der Waals surface area contributed by atoms with Gasteiger partial charge in [0.05, 0.1) is 38.6 Å². The van der Waals surface area contributed by atoms with Crippen molar-refractivity contribution in [3.8, 4) is 0 Å². The lowest BCUT2D eigenvalue weighted by atomic mass is 9.96. The minimum atomic E-state index is -1.97. The number of aliphatic hydroxyl groups excluding tert-OH is 11. The van der Waals surface area contributed by atoms with E-state index >= 15 is 0 Å². The minimum Gasteiger partial charge on any atom is -0.394 e. The third kappa shape index (κ3) is 21.8. The second-order valence-corrected chi connectivity index (χ2v) is 19.7. The van der Waals surface area contributed by atoms with Crippen LogP contribution in [-0.4, -0.2) is 193 Å². The average molecular weight is 1010 g/mol. The van der Waals surface area contributed by atoms with E-state index in [1.165, 1.54) is 96.3 Å². The normalized spacial score (nSPS) is 32.6. The largest absolute Gasteiger partial charge is 0.394 e. The lowest BCUT2D eigenvalue weighted by Crippen LogP contribution is -2.66. The van der Waals surface area contributed by atoms with Crippen molar-refractivity contribution in [1.29, 1.82) is 0 Å². The maximum Gasteiger partial charge on any atom is 0.220 e. The molecule has 3 rings (SSSR count). The number of aliphatic hydroxyl groups is 11. The number of amides is 1. The van der Waals surface area contributed by atoms with Crippen LogP contribution < -0.4 is 5.32 Å². The van der Waals surface area contributed by atoms with E-state index in [1.54, 1.807) is 6.08 Å². The number of nitrogens with one attached hydrogen (secondary N) is 1. The molecule has 0 aromatic heterocycles. The zero-order chi connectivity index (χ0) is 51.3. The molecule has 0 radical (unpaired) electrons. The van der Waals surface area contributed by atoms with Gasteiger partial charge in [-0.15, -0.1) is 0 Å². The molecular weight excluding hydrogens is 915 g/mol. The van der Waals surface area contributed by atoms with Gasteiger partial charge in [-0.25, -0.2) is 0 Å². The van der Waals surface area contributed by atoms with Gasteiger partial charge >= 0.3 is 0 Å². The number of hydrogen-bond acceptors (Lipinski definition) is 18. The van der Waals surface area contributed by atoms with E-state index in [2.05, 4.69) is 19.2 Å². The third-order valence-electron chi connectivity index (χ3n) is 13.8. The van der Waals surface area contributed by atoms with Crippen LogP contribution in [0.4, 0.5) is 0 Å². The van der Waals surface area contributed by atoms with E-state index in [0.717, 1.165) is 51.4 Å². The van der Waals surface area contributed by atoms with Crippen LogP contribution in [-0.2, 0) is 33.2 Å². The van der Waals surface area contributed by atoms with Gasteiger partial charge in [0.25, 0.3) is 0 Å². The van der Waals surface area contributed by atoms with Crippen molar-refractivity contribution in [1.82, 2.24) is 5.32 Å². The summed E-state index contributed by atoms with van der Waals surface area (Å²) < 4.78 is 34.0. The first-order chi connectivity index (χ1) is 33.8. The third-order valence-corrected chi connectivity index (χ3v) is 13.8. The predicted molar refractivity (Wildman–Crippen MR) is 259 cm³/mol. The Kier molecular flexibility index (Phi) is 32.7. The van der Waals surface area contributed by atoms with Crippen LogP contribution in [0.25, 0.3) is 0 Å². The summed E-state index contributed by atoms with van der Waals surface area (Å²) in [4.78, 5) is 13.2. The molecule has 3 saturated heterocycles. The standard InChI is InChI=1S/C51H95NO18/c1-3-5-7-9-11-12-13-14-15-16-17-18-19-20-21-22-23-25-27-29-39(57)52-34(35(56)28-26-24-10-8-6-4-2)33-65-49-45(63)42(60)47(37(31-54)67-49)70-51-46(64)43(61)48(38(32-55)68-51)69-50-44(62)41(59)40(58)36(30-53)66-50/h26,28,34-38,40-51,53-56,58-64H,3-25,27,29-33H2,1-2H3,(H,52,57)/b28-26+. The summed E-state index contributed by atoms with van der Waals surface area (Å²) in [5, 5.41) is 119. The van der Waals surface area contributed by atoms with Gasteiger partial charge in [-0.3, -0.25) is 4.79 Å². The summed E-state index contributed by atoms with van der Waals surface area (Å²) in [5.74, 6) is -0.280. The fraction of sp³-hybridized carbons (Fsp3) is 0.941. The Balaban J connectivity index is 1.46. The van der Waals surface area contributed by atoms with Gasteiger partial charge in [0, 0.05) is 6.42 Å². The zero-order valence-corrected chi connectivity index (χ0v) is 42.3. The topological polar surface area (TPSA) is 307 Å². The molecule has 12 N–H and O–H groups in total. The Morgan fingerprint density at radius 1 is 0.500 bits per heavy atom. The van der Waals surface area contributed by atoms with Gasteiger partial charge in [-0.1, -0.05) is 161 Å². The number of hydrogen-bond donors (Lipinski definition) is 12. The van der Waals surface area contributed by atoms with Crippen LogP contribution in [0.1, 0.15) is 174 Å². The summed E-state index contributed by atoms with van der Waals surface area (Å²) >= 11 is 0. The van der Waals surface area contributed by atoms with Crippen LogP contribution in [0.2, 0.25) is 0 Å². The Hall–Kier alpha value is -1.47. The van der Waals surface area contributed by atoms with E-state index in [4.69, 9.17) is 28.4 Å². The second kappa shape index (κ2) is 36.5. The molecule has 0 aliphatic carbocycles. The molecule has 1 amide bonds. The van der Waals surface area contributed by atoms with E-state index in [9.17, 15) is 61.0 Å². The minimum absolute atomic E-state index is 0.247. The Labute approximate surface area is 416 Å². The summed E-state index contributed by atoms with van der Waals surface area (Å²) in [6, 6.07) is -0.963. The highest BCUT2D eigenvalue weighted by atomic mass is 16.8. The molecule has 3 fully saturated rings. The molecule has 17 atom stereocenters. The molecule has 0 spiro atoms. The molecule has 17 unspecified atom stereocenters. The molecular formula is C51H95NO18. The maximum absolute atomic E-state index is 13.2. The van der Waals surface area contributed by atoms with Crippen molar-refractivity contribution in [2.24, 2.45) is 0 Å². The summed E-state index contributed by atoms with van der Waals surface area (Å²) in [7, 11) is 0. The van der Waals surface area contributed by atoms with Gasteiger partial charge < -0.3 is 89.9 Å². The first-order valence-electron chi connectivity index (χ1n) is 26.9. The Bertz CT molecular complexity index is 1350. The van der Waals surface area contributed by atoms with Crippen LogP contribution >= 0.6 is 0 Å². The maximum atomic E-state index is 13.2. The van der Waals surface area contributed by atoms with E-state index in [1.807, 2.05) is 6.08 Å². The van der Waals surface area contributed by atoms with E-state index in [0.29, 0.717) is 6.42 Å². The van der Waals surface area contributed by atoms with Gasteiger partial charge in [0.2, 0.25) is 5.91 Å². The first-order valence-corrected chi connectivity index (χ1v) is 26.9. The Morgan fingerprint density at radius 3 is 1.34 bits per heavy atom. The van der Waals surface area contributed by atoms with Crippen LogP contribution in [0.3, 0.4) is 0 Å². The second-order valence-electron chi connectivity index (χ2n) is 19.7. The molecule has 0 bridgehead atoms. The zero-order valence-electron chi connectivity index (χ0n) is 42.3. The quantitative estimate of drug-likeness (QED) is 0.0313. The molecule has 0 saturated carbocycles. The number of carbonyl (C=O) groups is 1. The first kappa shape index (κ1) is 62.8. The van der Waals surface area contributed by atoms with Crippen LogP contribution in [0.15, 0.2) is 12.2 Å². The van der Waals surface area contributed by atoms with E-state index < -0.39 is 124 Å². The van der Waals surface area contributed by atoms with Gasteiger partial charge in [-0.05, 0) is 19.3 Å². The van der Waals surface area contributed by atoms with Gasteiger partial charge in [0.15, 0.2) is 18.9 Å². The molecule has 3 heterocycles. The van der Waals surface area contributed by atoms with Gasteiger partial charge in [0.1, 0.15) is 73.2 Å². The number of ether oxygens (including phenoxy) is 6. The lowest BCUT2D eigenvalue weighted by molar-refractivity contribution is -0.379. The number of unbranched alkanes of at least 4 members (excludes halogenated alkanes) is 22. The van der Waals surface area contributed by atoms with Crippen LogP contribution in [0.5, 0.6) is 0 Å². The highest BCUT2D eigenvalue weighted by Gasteiger charge is 2.53. The molecule has 0 aromatic carbocycles. The van der Waals surface area contributed by atoms with Gasteiger partial charge in [-0.2, -0.15) is 0 Å². The van der Waals surface area contributed by atoms with Crippen molar-refractivity contribution < 1.29 is 89.4 Å². The van der Waals surface area contributed by atoms with Crippen LogP contribution in [0, 0.1) is 0 Å². The highest BCUT2D eigenvalue weighted by molar-refractivity contribution is 5.76. The Morgan fingerprint density at radius 2 is 0.886 bits per heavy atom. The predicted octanol–water partition coefficient (Wildman–Crippen LogP) is 2.65. The summed E-state index contributed by atoms with van der Waals surface area (Å²) in [6.45, 7) is 1.61. The SMILES string of the molecule is CCCCCC/C=C/C(O)C(COC1OC(CO)C(OC2OC(CO)C(OC3OC(CO)C(O)C(O)C3O)C(O)C2O)C(O)C1O)NC(=O)CCCCCCCCCCCCCCCCCCCCC. The monoisotopic (exact) mass is 1010 g/mol. The molecule has 19 nitrogen and oxygen atoms in total. The molecule has 70 heavy (non-hydrogen) atoms. The smallest absolute Gasteiger partial charge is 0.220 e. The molecule has 3 aliphatic heterocycles. The number of rotatable bonds is 38. The van der Waals surface area contributed by atoms with Crippen molar-refractivity contribution in [2.45, 2.75) is 279 Å². The summed E-state index contributed by atoms with van der Waals surface area (Å²) in [6.07, 6.45) is 5.50. The fourth-order valence-corrected chi connectivity index (χ4v) is 9.31. The lowest BCUT2D eigenvalue weighted by Gasteiger charge is -2.48. The highest BCUT2D eigenvalue weighted by Crippen LogP contribution is 2.33. The number of carbonyl (C=O) groups excluding carboxylic acids is 1. The summed E-state index contributed by atoms with van der Waals surface area (Å²) in [5.41, 5.74) is 0. The fourth-order valence-electron chi connectivity index (χ4n) is 9.31.